The zero-order valence-corrected chi connectivity index (χ0v) is 15.0. The zero-order chi connectivity index (χ0) is 15.5. The van der Waals surface area contributed by atoms with Gasteiger partial charge in [0.15, 0.2) is 0 Å². The molecule has 5 heteroatoms. The minimum absolute atomic E-state index is 0. The highest BCUT2D eigenvalue weighted by Gasteiger charge is 2.22. The largest absolute Gasteiger partial charge is 0.336 e. The fourth-order valence-corrected chi connectivity index (χ4v) is 3.52. The third kappa shape index (κ3) is 4.46. The van der Waals surface area contributed by atoms with E-state index in [0.29, 0.717) is 5.92 Å². The van der Waals surface area contributed by atoms with E-state index in [1.165, 1.54) is 24.0 Å². The van der Waals surface area contributed by atoms with Crippen molar-refractivity contribution in [3.63, 3.8) is 0 Å². The smallest absolute Gasteiger partial charge is 0.253 e. The maximum Gasteiger partial charge on any atom is 0.253 e. The maximum atomic E-state index is 12.8. The second-order valence-corrected chi connectivity index (χ2v) is 6.75. The Morgan fingerprint density at radius 1 is 1.09 bits per heavy atom. The predicted octanol–water partition coefficient (Wildman–Crippen LogP) is 2.27. The molecule has 0 saturated carbocycles. The molecule has 0 radical (unpaired) electrons. The van der Waals surface area contributed by atoms with Gasteiger partial charge in [-0.25, -0.2) is 0 Å². The van der Waals surface area contributed by atoms with Gasteiger partial charge in [0.1, 0.15) is 0 Å². The summed E-state index contributed by atoms with van der Waals surface area (Å²) < 4.78 is 0. The fourth-order valence-electron chi connectivity index (χ4n) is 3.52. The van der Waals surface area contributed by atoms with Gasteiger partial charge in [0.25, 0.3) is 5.91 Å². The van der Waals surface area contributed by atoms with Crippen LogP contribution in [0.3, 0.4) is 0 Å². The van der Waals surface area contributed by atoms with Gasteiger partial charge in [0, 0.05) is 31.7 Å². The molecule has 0 atom stereocenters. The molecule has 4 nitrogen and oxygen atoms in total. The molecular formula is C18H28ClN3O. The van der Waals surface area contributed by atoms with E-state index in [1.807, 2.05) is 11.0 Å². The highest BCUT2D eigenvalue weighted by molar-refractivity contribution is 5.94. The highest BCUT2D eigenvalue weighted by atomic mass is 35.5. The standard InChI is InChI=1S/C18H27N3O.ClH/c1-14-11-16(15-3-5-19-6-4-15)13-17(12-14)18(22)21-9-7-20(2)8-10-21;/h11-13,15,19H,3-10H2,1-2H3;1H. The lowest BCUT2D eigenvalue weighted by Crippen LogP contribution is -2.47. The van der Waals surface area contributed by atoms with Gasteiger partial charge >= 0.3 is 0 Å². The first kappa shape index (κ1) is 18.2. The molecule has 0 aromatic heterocycles. The zero-order valence-electron chi connectivity index (χ0n) is 14.2. The van der Waals surface area contributed by atoms with Gasteiger partial charge in [-0.15, -0.1) is 12.4 Å². The van der Waals surface area contributed by atoms with Crippen molar-refractivity contribution >= 4 is 18.3 Å². The van der Waals surface area contributed by atoms with Crippen molar-refractivity contribution < 1.29 is 4.79 Å². The summed E-state index contributed by atoms with van der Waals surface area (Å²) in [5.74, 6) is 0.798. The second-order valence-electron chi connectivity index (χ2n) is 6.75. The van der Waals surface area contributed by atoms with Crippen LogP contribution in [-0.2, 0) is 0 Å². The van der Waals surface area contributed by atoms with Crippen molar-refractivity contribution in [3.05, 3.63) is 34.9 Å². The average molecular weight is 338 g/mol. The molecular weight excluding hydrogens is 310 g/mol. The summed E-state index contributed by atoms with van der Waals surface area (Å²) in [7, 11) is 2.11. The quantitative estimate of drug-likeness (QED) is 0.899. The molecule has 3 rings (SSSR count). The van der Waals surface area contributed by atoms with Gasteiger partial charge < -0.3 is 15.1 Å². The lowest BCUT2D eigenvalue weighted by molar-refractivity contribution is 0.0664. The summed E-state index contributed by atoms with van der Waals surface area (Å²) >= 11 is 0. The Kier molecular flexibility index (Phi) is 6.45. The Morgan fingerprint density at radius 2 is 1.74 bits per heavy atom. The molecule has 0 aliphatic carbocycles. The highest BCUT2D eigenvalue weighted by Crippen LogP contribution is 2.27. The molecule has 2 aliphatic rings. The van der Waals surface area contributed by atoms with Crippen LogP contribution in [0.25, 0.3) is 0 Å². The fraction of sp³-hybridized carbons (Fsp3) is 0.611. The molecule has 2 saturated heterocycles. The van der Waals surface area contributed by atoms with Gasteiger partial charge in [-0.1, -0.05) is 11.6 Å². The Morgan fingerprint density at radius 3 is 2.39 bits per heavy atom. The van der Waals surface area contributed by atoms with E-state index in [9.17, 15) is 4.79 Å². The van der Waals surface area contributed by atoms with E-state index in [-0.39, 0.29) is 18.3 Å². The monoisotopic (exact) mass is 337 g/mol. The SMILES string of the molecule is Cc1cc(C(=O)N2CCN(C)CC2)cc(C2CCNCC2)c1.Cl. The number of carbonyl (C=O) groups excluding carboxylic acids is 1. The third-order valence-corrected chi connectivity index (χ3v) is 4.95. The van der Waals surface area contributed by atoms with Crippen LogP contribution in [0.5, 0.6) is 0 Å². The normalized spacial score (nSPS) is 20.2. The van der Waals surface area contributed by atoms with Crippen molar-refractivity contribution in [3.8, 4) is 0 Å². The number of benzene rings is 1. The molecule has 1 N–H and O–H groups in total. The van der Waals surface area contributed by atoms with Crippen LogP contribution in [0.2, 0.25) is 0 Å². The number of piperidine rings is 1. The first-order chi connectivity index (χ1) is 10.6. The predicted molar refractivity (Wildman–Crippen MR) is 96.7 cm³/mol. The third-order valence-electron chi connectivity index (χ3n) is 4.95. The number of likely N-dealkylation sites (N-methyl/N-ethyl adjacent to an activating group) is 1. The van der Waals surface area contributed by atoms with Gasteiger partial charge in [-0.2, -0.15) is 0 Å². The van der Waals surface area contributed by atoms with Crippen molar-refractivity contribution in [2.24, 2.45) is 0 Å². The Hall–Kier alpha value is -1.10. The first-order valence-corrected chi connectivity index (χ1v) is 8.43. The Bertz CT molecular complexity index is 535. The van der Waals surface area contributed by atoms with E-state index < -0.39 is 0 Å². The van der Waals surface area contributed by atoms with Crippen LogP contribution >= 0.6 is 12.4 Å². The first-order valence-electron chi connectivity index (χ1n) is 8.43. The number of piperazine rings is 1. The maximum absolute atomic E-state index is 12.8. The lowest BCUT2D eigenvalue weighted by Gasteiger charge is -2.32. The van der Waals surface area contributed by atoms with Gasteiger partial charge in [0.05, 0.1) is 0 Å². The molecule has 2 aliphatic heterocycles. The molecule has 2 heterocycles. The number of amides is 1. The second kappa shape index (κ2) is 8.13. The molecule has 1 aromatic carbocycles. The molecule has 2 fully saturated rings. The summed E-state index contributed by atoms with van der Waals surface area (Å²) in [6.07, 6.45) is 2.34. The average Bonchev–Trinajstić information content (AvgIpc) is 2.55. The van der Waals surface area contributed by atoms with Crippen LogP contribution in [0, 0.1) is 6.92 Å². The van der Waals surface area contributed by atoms with Gasteiger partial charge in [-0.3, -0.25) is 4.79 Å². The Labute approximate surface area is 145 Å². The number of nitrogens with zero attached hydrogens (tertiary/aromatic N) is 2. The number of aryl methyl sites for hydroxylation is 1. The summed E-state index contributed by atoms with van der Waals surface area (Å²) in [4.78, 5) is 17.1. The van der Waals surface area contributed by atoms with E-state index in [2.05, 4.69) is 36.3 Å². The molecule has 0 bridgehead atoms. The van der Waals surface area contributed by atoms with Crippen LogP contribution in [-0.4, -0.2) is 62.0 Å². The van der Waals surface area contributed by atoms with Gasteiger partial charge in [-0.05, 0) is 63.5 Å². The number of halogens is 1. The van der Waals surface area contributed by atoms with Crippen molar-refractivity contribution in [2.75, 3.05) is 46.3 Å². The summed E-state index contributed by atoms with van der Waals surface area (Å²) in [6, 6.07) is 6.45. The number of carbonyl (C=O) groups is 1. The van der Waals surface area contributed by atoms with Gasteiger partial charge in [0.2, 0.25) is 0 Å². The topological polar surface area (TPSA) is 35.6 Å². The molecule has 0 unspecified atom stereocenters. The number of rotatable bonds is 2. The molecule has 1 amide bonds. The van der Waals surface area contributed by atoms with Crippen LogP contribution in [0.1, 0.15) is 40.2 Å². The van der Waals surface area contributed by atoms with E-state index in [0.717, 1.165) is 44.8 Å². The minimum atomic E-state index is 0. The minimum Gasteiger partial charge on any atom is -0.336 e. The molecule has 0 spiro atoms. The number of hydrogen-bond donors (Lipinski definition) is 1. The van der Waals surface area contributed by atoms with Crippen LogP contribution < -0.4 is 5.32 Å². The summed E-state index contributed by atoms with van der Waals surface area (Å²) in [5.41, 5.74) is 3.42. The van der Waals surface area contributed by atoms with E-state index in [4.69, 9.17) is 0 Å². The van der Waals surface area contributed by atoms with Crippen molar-refractivity contribution in [1.82, 2.24) is 15.1 Å². The number of hydrogen-bond acceptors (Lipinski definition) is 3. The lowest BCUT2D eigenvalue weighted by atomic mass is 9.88. The van der Waals surface area contributed by atoms with E-state index in [1.54, 1.807) is 0 Å². The molecule has 23 heavy (non-hydrogen) atoms. The van der Waals surface area contributed by atoms with Crippen molar-refractivity contribution in [2.45, 2.75) is 25.7 Å². The molecule has 1 aromatic rings. The van der Waals surface area contributed by atoms with E-state index >= 15 is 0 Å². The van der Waals surface area contributed by atoms with Crippen molar-refractivity contribution in [1.29, 1.82) is 0 Å². The summed E-state index contributed by atoms with van der Waals surface area (Å²) in [6.45, 7) is 7.89. The Balaban J connectivity index is 0.00000192. The summed E-state index contributed by atoms with van der Waals surface area (Å²) in [5, 5.41) is 3.41. The van der Waals surface area contributed by atoms with Crippen LogP contribution in [0.15, 0.2) is 18.2 Å². The number of nitrogens with one attached hydrogen (secondary N) is 1. The van der Waals surface area contributed by atoms with Crippen LogP contribution in [0.4, 0.5) is 0 Å². The molecule has 128 valence electrons.